The third-order valence-corrected chi connectivity index (χ3v) is 4.10. The molecule has 0 bridgehead atoms. The molecule has 3 heteroatoms. The first-order valence-electron chi connectivity index (χ1n) is 8.22. The Morgan fingerprint density at radius 3 is 2.00 bits per heavy atom. The van der Waals surface area contributed by atoms with Crippen LogP contribution in [0.2, 0.25) is 0 Å². The van der Waals surface area contributed by atoms with E-state index in [1.165, 1.54) is 0 Å². The molecule has 0 aliphatic rings. The summed E-state index contributed by atoms with van der Waals surface area (Å²) >= 11 is 0. The molecule has 120 valence electrons. The minimum atomic E-state index is 0.765. The van der Waals surface area contributed by atoms with Crippen LogP contribution in [0.5, 0.6) is 0 Å². The number of aryl methyl sites for hydroxylation is 1. The van der Waals surface area contributed by atoms with Gasteiger partial charge in [0, 0.05) is 23.5 Å². The number of aromatic nitrogens is 3. The molecular formula is C22H17N3. The molecule has 0 spiro atoms. The minimum Gasteiger partial charge on any atom is -0.265 e. The Morgan fingerprint density at radius 1 is 0.600 bits per heavy atom. The van der Waals surface area contributed by atoms with E-state index in [1.807, 2.05) is 61.8 Å². The molecule has 25 heavy (non-hydrogen) atoms. The summed E-state index contributed by atoms with van der Waals surface area (Å²) in [6.07, 6.45) is 3.62. The Kier molecular flexibility index (Phi) is 4.05. The maximum atomic E-state index is 4.69. The fourth-order valence-electron chi connectivity index (χ4n) is 2.95. The molecule has 0 radical (unpaired) electrons. The quantitative estimate of drug-likeness (QED) is 0.521. The molecule has 0 saturated heterocycles. The largest absolute Gasteiger partial charge is 0.265 e. The van der Waals surface area contributed by atoms with Crippen LogP contribution >= 0.6 is 0 Å². The summed E-state index contributed by atoms with van der Waals surface area (Å²) in [4.78, 5) is 13.4. The van der Waals surface area contributed by atoms with E-state index in [0.29, 0.717) is 0 Å². The molecule has 0 N–H and O–H groups in total. The topological polar surface area (TPSA) is 38.7 Å². The van der Waals surface area contributed by atoms with Crippen molar-refractivity contribution in [3.8, 4) is 33.6 Å². The second kappa shape index (κ2) is 6.65. The van der Waals surface area contributed by atoms with E-state index in [-0.39, 0.29) is 0 Å². The molecular weight excluding hydrogens is 306 g/mol. The Labute approximate surface area is 147 Å². The van der Waals surface area contributed by atoms with Crippen molar-refractivity contribution < 1.29 is 0 Å². The van der Waals surface area contributed by atoms with Gasteiger partial charge in [-0.15, -0.1) is 0 Å². The lowest BCUT2D eigenvalue weighted by molar-refractivity contribution is 1.06. The van der Waals surface area contributed by atoms with Crippen LogP contribution < -0.4 is 0 Å². The second-order valence-corrected chi connectivity index (χ2v) is 5.83. The molecule has 0 amide bonds. The number of hydrogen-bond donors (Lipinski definition) is 0. The van der Waals surface area contributed by atoms with Crippen molar-refractivity contribution in [1.29, 1.82) is 0 Å². The van der Waals surface area contributed by atoms with Crippen molar-refractivity contribution in [3.63, 3.8) is 0 Å². The van der Waals surface area contributed by atoms with E-state index in [4.69, 9.17) is 0 Å². The number of hydrogen-bond acceptors (Lipinski definition) is 3. The maximum Gasteiger partial charge on any atom is 0.126 e. The normalized spacial score (nSPS) is 10.6. The molecule has 0 aliphatic carbocycles. The van der Waals surface area contributed by atoms with Gasteiger partial charge in [-0.2, -0.15) is 0 Å². The number of nitrogens with zero attached hydrogens (tertiary/aromatic N) is 3. The highest BCUT2D eigenvalue weighted by Gasteiger charge is 2.11. The third kappa shape index (κ3) is 3.17. The highest BCUT2D eigenvalue weighted by atomic mass is 14.9. The van der Waals surface area contributed by atoms with Crippen LogP contribution in [-0.2, 0) is 0 Å². The molecule has 3 nitrogen and oxygen atoms in total. The fourth-order valence-corrected chi connectivity index (χ4v) is 2.95. The van der Waals surface area contributed by atoms with Gasteiger partial charge in [0.25, 0.3) is 0 Å². The first kappa shape index (κ1) is 15.2. The van der Waals surface area contributed by atoms with Gasteiger partial charge in [0.1, 0.15) is 5.82 Å². The van der Waals surface area contributed by atoms with E-state index in [2.05, 4.69) is 45.3 Å². The molecule has 0 fully saturated rings. The summed E-state index contributed by atoms with van der Waals surface area (Å²) in [5.41, 5.74) is 6.32. The van der Waals surface area contributed by atoms with Gasteiger partial charge in [0.05, 0.1) is 11.4 Å². The molecule has 0 unspecified atom stereocenters. The summed E-state index contributed by atoms with van der Waals surface area (Å²) in [6, 6.07) is 24.6. The van der Waals surface area contributed by atoms with Crippen LogP contribution in [0.25, 0.3) is 33.6 Å². The van der Waals surface area contributed by atoms with Crippen molar-refractivity contribution in [1.82, 2.24) is 15.0 Å². The average Bonchev–Trinajstić information content (AvgIpc) is 2.69. The van der Waals surface area contributed by atoms with Crippen molar-refractivity contribution in [2.75, 3.05) is 0 Å². The summed E-state index contributed by atoms with van der Waals surface area (Å²) in [6.45, 7) is 1.94. The summed E-state index contributed by atoms with van der Waals surface area (Å²) in [7, 11) is 0. The smallest absolute Gasteiger partial charge is 0.126 e. The lowest BCUT2D eigenvalue weighted by Crippen LogP contribution is -1.96. The Morgan fingerprint density at radius 2 is 1.24 bits per heavy atom. The second-order valence-electron chi connectivity index (χ2n) is 5.83. The molecule has 2 aromatic carbocycles. The molecule has 2 heterocycles. The van der Waals surface area contributed by atoms with Gasteiger partial charge in [-0.1, -0.05) is 54.6 Å². The molecule has 0 saturated carbocycles. The zero-order valence-electron chi connectivity index (χ0n) is 13.9. The maximum absolute atomic E-state index is 4.69. The first-order valence-corrected chi connectivity index (χ1v) is 8.22. The van der Waals surface area contributed by atoms with Crippen molar-refractivity contribution in [2.45, 2.75) is 6.92 Å². The number of pyridine rings is 1. The monoisotopic (exact) mass is 323 g/mol. The van der Waals surface area contributed by atoms with Crippen LogP contribution in [0.15, 0.2) is 85.2 Å². The number of benzene rings is 2. The number of rotatable bonds is 3. The lowest BCUT2D eigenvalue weighted by Gasteiger charge is -2.11. The zero-order chi connectivity index (χ0) is 17.1. The SMILES string of the molecule is Cc1nc(-c2ccccc2)cc(-c2ccccc2-c2ccncc2)n1. The van der Waals surface area contributed by atoms with Gasteiger partial charge in [-0.3, -0.25) is 4.98 Å². The van der Waals surface area contributed by atoms with Crippen LogP contribution in [0, 0.1) is 6.92 Å². The van der Waals surface area contributed by atoms with E-state index in [0.717, 1.165) is 39.5 Å². The predicted molar refractivity (Wildman–Crippen MR) is 101 cm³/mol. The van der Waals surface area contributed by atoms with E-state index in [9.17, 15) is 0 Å². The van der Waals surface area contributed by atoms with Crippen LogP contribution in [0.3, 0.4) is 0 Å². The van der Waals surface area contributed by atoms with Crippen molar-refractivity contribution >= 4 is 0 Å². The Hall–Kier alpha value is -3.33. The van der Waals surface area contributed by atoms with Crippen LogP contribution in [0.4, 0.5) is 0 Å². The minimum absolute atomic E-state index is 0.765. The summed E-state index contributed by atoms with van der Waals surface area (Å²) < 4.78 is 0. The highest BCUT2D eigenvalue weighted by Crippen LogP contribution is 2.32. The Bertz CT molecular complexity index is 996. The lowest BCUT2D eigenvalue weighted by atomic mass is 9.97. The Balaban J connectivity index is 1.88. The predicted octanol–water partition coefficient (Wildman–Crippen LogP) is 5.18. The standard InChI is InChI=1S/C22H17N3/c1-16-24-21(18-7-3-2-4-8-18)15-22(25-16)20-10-6-5-9-19(20)17-11-13-23-14-12-17/h2-15H,1H3. The fraction of sp³-hybridized carbons (Fsp3) is 0.0455. The van der Waals surface area contributed by atoms with Crippen molar-refractivity contribution in [2.24, 2.45) is 0 Å². The van der Waals surface area contributed by atoms with E-state index >= 15 is 0 Å². The average molecular weight is 323 g/mol. The molecule has 4 rings (SSSR count). The first-order chi connectivity index (χ1) is 12.3. The highest BCUT2D eigenvalue weighted by molar-refractivity contribution is 5.82. The summed E-state index contributed by atoms with van der Waals surface area (Å²) in [5.74, 6) is 0.765. The van der Waals surface area contributed by atoms with Crippen molar-refractivity contribution in [3.05, 3.63) is 91.0 Å². The van der Waals surface area contributed by atoms with E-state index in [1.54, 1.807) is 0 Å². The molecule has 2 aromatic heterocycles. The molecule has 4 aromatic rings. The van der Waals surface area contributed by atoms with Crippen LogP contribution in [-0.4, -0.2) is 15.0 Å². The van der Waals surface area contributed by atoms with Crippen LogP contribution in [0.1, 0.15) is 5.82 Å². The molecule has 0 atom stereocenters. The zero-order valence-corrected chi connectivity index (χ0v) is 13.9. The molecule has 0 aliphatic heterocycles. The van der Waals surface area contributed by atoms with Gasteiger partial charge in [-0.25, -0.2) is 9.97 Å². The third-order valence-electron chi connectivity index (χ3n) is 4.10. The van der Waals surface area contributed by atoms with Gasteiger partial charge >= 0.3 is 0 Å². The van der Waals surface area contributed by atoms with E-state index < -0.39 is 0 Å². The van der Waals surface area contributed by atoms with Gasteiger partial charge in [-0.05, 0) is 36.2 Å². The summed E-state index contributed by atoms with van der Waals surface area (Å²) in [5, 5.41) is 0. The van der Waals surface area contributed by atoms with Gasteiger partial charge in [0.15, 0.2) is 0 Å². The van der Waals surface area contributed by atoms with Gasteiger partial charge < -0.3 is 0 Å². The van der Waals surface area contributed by atoms with Gasteiger partial charge in [0.2, 0.25) is 0 Å².